The molecule has 0 unspecified atom stereocenters. The van der Waals surface area contributed by atoms with Crippen molar-refractivity contribution in [2.45, 2.75) is 11.8 Å². The summed E-state index contributed by atoms with van der Waals surface area (Å²) in [4.78, 5) is 20.8. The summed E-state index contributed by atoms with van der Waals surface area (Å²) in [5, 5.41) is 2.83. The zero-order valence-electron chi connectivity index (χ0n) is 18.9. The Hall–Kier alpha value is -3.60. The molecule has 10 heteroatoms. The zero-order chi connectivity index (χ0) is 24.6. The summed E-state index contributed by atoms with van der Waals surface area (Å²) in [7, 11) is -3.73. The van der Waals surface area contributed by atoms with E-state index in [-0.39, 0.29) is 29.4 Å². The minimum atomic E-state index is -3.73. The molecule has 1 aliphatic rings. The van der Waals surface area contributed by atoms with Gasteiger partial charge in [-0.2, -0.15) is 4.31 Å². The number of nitrogens with zero attached hydrogens (tertiary/aromatic N) is 2. The lowest BCUT2D eigenvalue weighted by molar-refractivity contribution is 0.0730. The number of H-pyrrole nitrogens is 1. The molecule has 1 amide bonds. The first-order valence-corrected chi connectivity index (χ1v) is 12.5. The monoisotopic (exact) mass is 494 g/mol. The maximum Gasteiger partial charge on any atom is 0.255 e. The highest BCUT2D eigenvalue weighted by molar-refractivity contribution is 7.89. The van der Waals surface area contributed by atoms with Gasteiger partial charge in [-0.05, 0) is 55.0 Å². The van der Waals surface area contributed by atoms with Crippen molar-refractivity contribution in [3.8, 4) is 11.4 Å². The lowest BCUT2D eigenvalue weighted by Crippen LogP contribution is -2.40. The fourth-order valence-electron chi connectivity index (χ4n) is 4.00. The molecule has 1 saturated heterocycles. The van der Waals surface area contributed by atoms with E-state index in [1.807, 2.05) is 0 Å². The Morgan fingerprint density at radius 3 is 2.66 bits per heavy atom. The maximum atomic E-state index is 13.6. The van der Waals surface area contributed by atoms with Gasteiger partial charge in [-0.25, -0.2) is 17.8 Å². The first-order chi connectivity index (χ1) is 16.8. The number of carbonyl (C=O) groups excluding carboxylic acids is 1. The first kappa shape index (κ1) is 23.2. The zero-order valence-corrected chi connectivity index (χ0v) is 19.7. The molecule has 2 heterocycles. The fraction of sp³-hybridized carbons (Fsp3) is 0.200. The number of aromatic nitrogens is 2. The van der Waals surface area contributed by atoms with E-state index in [1.54, 1.807) is 43.3 Å². The van der Waals surface area contributed by atoms with Gasteiger partial charge in [0.05, 0.1) is 29.1 Å². The first-order valence-electron chi connectivity index (χ1n) is 11.1. The number of hydrogen-bond acceptors (Lipinski definition) is 5. The van der Waals surface area contributed by atoms with Crippen molar-refractivity contribution < 1.29 is 22.3 Å². The van der Waals surface area contributed by atoms with Gasteiger partial charge in [-0.3, -0.25) is 4.79 Å². The average molecular weight is 495 g/mol. The molecule has 0 atom stereocenters. The van der Waals surface area contributed by atoms with Gasteiger partial charge in [0.1, 0.15) is 11.6 Å². The largest absolute Gasteiger partial charge is 0.379 e. The number of aromatic amines is 1. The maximum absolute atomic E-state index is 13.6. The Kier molecular flexibility index (Phi) is 6.10. The number of amides is 1. The molecule has 1 fully saturated rings. The van der Waals surface area contributed by atoms with Gasteiger partial charge in [0.15, 0.2) is 0 Å². The third kappa shape index (κ3) is 4.68. The summed E-state index contributed by atoms with van der Waals surface area (Å²) >= 11 is 0. The molecule has 0 saturated carbocycles. The molecule has 0 aliphatic carbocycles. The number of rotatable bonds is 5. The molecule has 5 rings (SSSR count). The van der Waals surface area contributed by atoms with Crippen LogP contribution >= 0.6 is 0 Å². The molecule has 0 radical (unpaired) electrons. The molecule has 35 heavy (non-hydrogen) atoms. The second kappa shape index (κ2) is 9.21. The topological polar surface area (TPSA) is 104 Å². The quantitative estimate of drug-likeness (QED) is 0.437. The van der Waals surface area contributed by atoms with Crippen LogP contribution in [0.3, 0.4) is 0 Å². The van der Waals surface area contributed by atoms with Crippen molar-refractivity contribution in [3.63, 3.8) is 0 Å². The van der Waals surface area contributed by atoms with Crippen molar-refractivity contribution in [1.82, 2.24) is 14.3 Å². The lowest BCUT2D eigenvalue weighted by Gasteiger charge is -2.26. The predicted molar refractivity (Wildman–Crippen MR) is 130 cm³/mol. The van der Waals surface area contributed by atoms with Crippen molar-refractivity contribution in [2.24, 2.45) is 0 Å². The number of ether oxygens (including phenoxy) is 1. The number of benzene rings is 3. The fourth-order valence-corrected chi connectivity index (χ4v) is 5.44. The number of morpholine rings is 1. The Balaban J connectivity index is 1.40. The van der Waals surface area contributed by atoms with Crippen LogP contribution in [0, 0.1) is 12.7 Å². The number of carbonyl (C=O) groups is 1. The van der Waals surface area contributed by atoms with Crippen molar-refractivity contribution in [3.05, 3.63) is 77.6 Å². The number of halogens is 1. The molecule has 4 aromatic rings. The SMILES string of the molecule is Cc1ccc(S(=O)(=O)N2CCOCC2)cc1C(=O)Nc1ccc2nc(-c3cccc(F)c3)[nH]c2c1. The highest BCUT2D eigenvalue weighted by Gasteiger charge is 2.27. The Morgan fingerprint density at radius 2 is 1.89 bits per heavy atom. The summed E-state index contributed by atoms with van der Waals surface area (Å²) < 4.78 is 46.2. The molecular weight excluding hydrogens is 471 g/mol. The van der Waals surface area contributed by atoms with Crippen LogP contribution in [0.25, 0.3) is 22.4 Å². The van der Waals surface area contributed by atoms with Gasteiger partial charge in [0, 0.05) is 29.9 Å². The molecule has 180 valence electrons. The van der Waals surface area contributed by atoms with Gasteiger partial charge < -0.3 is 15.0 Å². The molecular formula is C25H23FN4O4S. The number of imidazole rings is 1. The van der Waals surface area contributed by atoms with E-state index in [4.69, 9.17) is 4.74 Å². The summed E-state index contributed by atoms with van der Waals surface area (Å²) in [6, 6.07) is 15.9. The minimum Gasteiger partial charge on any atom is -0.379 e. The molecule has 0 spiro atoms. The van der Waals surface area contributed by atoms with E-state index >= 15 is 0 Å². The Labute approximate surface area is 201 Å². The molecule has 1 aliphatic heterocycles. The van der Waals surface area contributed by atoms with Crippen LogP contribution in [0.2, 0.25) is 0 Å². The molecule has 1 aromatic heterocycles. The Morgan fingerprint density at radius 1 is 1.09 bits per heavy atom. The number of anilines is 1. The number of hydrogen-bond donors (Lipinski definition) is 2. The van der Waals surface area contributed by atoms with Crippen LogP contribution in [-0.4, -0.2) is 54.9 Å². The standard InChI is InChI=1S/C25H23FN4O4S/c1-16-5-7-20(35(32,33)30-9-11-34-12-10-30)15-21(16)25(31)27-19-6-8-22-23(14-19)29-24(28-22)17-3-2-4-18(26)13-17/h2-8,13-15H,9-12H2,1H3,(H,27,31)(H,28,29). The van der Waals surface area contributed by atoms with Crippen LogP contribution in [0.5, 0.6) is 0 Å². The molecule has 8 nitrogen and oxygen atoms in total. The Bertz CT molecular complexity index is 1530. The summed E-state index contributed by atoms with van der Waals surface area (Å²) in [5.74, 6) is -0.269. The third-order valence-corrected chi connectivity index (χ3v) is 7.79. The van der Waals surface area contributed by atoms with Gasteiger partial charge in [0.25, 0.3) is 5.91 Å². The number of fused-ring (bicyclic) bond motifs is 1. The van der Waals surface area contributed by atoms with E-state index in [0.29, 0.717) is 46.9 Å². The van der Waals surface area contributed by atoms with E-state index in [2.05, 4.69) is 15.3 Å². The number of sulfonamides is 1. The van der Waals surface area contributed by atoms with E-state index in [1.165, 1.54) is 28.6 Å². The van der Waals surface area contributed by atoms with E-state index < -0.39 is 15.9 Å². The van der Waals surface area contributed by atoms with E-state index in [9.17, 15) is 17.6 Å². The van der Waals surface area contributed by atoms with Crippen LogP contribution in [0.4, 0.5) is 10.1 Å². The highest BCUT2D eigenvalue weighted by Crippen LogP contribution is 2.25. The summed E-state index contributed by atoms with van der Waals surface area (Å²) in [6.07, 6.45) is 0. The second-order valence-corrected chi connectivity index (χ2v) is 10.2. The lowest BCUT2D eigenvalue weighted by atomic mass is 10.1. The van der Waals surface area contributed by atoms with Crippen molar-refractivity contribution in [1.29, 1.82) is 0 Å². The summed E-state index contributed by atoms with van der Waals surface area (Å²) in [5.41, 5.74) is 3.38. The van der Waals surface area contributed by atoms with Crippen molar-refractivity contribution in [2.75, 3.05) is 31.6 Å². The van der Waals surface area contributed by atoms with Gasteiger partial charge in [0.2, 0.25) is 10.0 Å². The average Bonchev–Trinajstić information content (AvgIpc) is 3.28. The molecule has 0 bridgehead atoms. The highest BCUT2D eigenvalue weighted by atomic mass is 32.2. The number of aryl methyl sites for hydroxylation is 1. The normalized spacial score (nSPS) is 14.8. The number of nitrogens with one attached hydrogen (secondary N) is 2. The van der Waals surface area contributed by atoms with Crippen LogP contribution in [0.15, 0.2) is 65.6 Å². The predicted octanol–water partition coefficient (Wildman–Crippen LogP) is 3.95. The van der Waals surface area contributed by atoms with E-state index in [0.717, 1.165) is 0 Å². The molecule has 3 aromatic carbocycles. The van der Waals surface area contributed by atoms with Gasteiger partial charge in [-0.1, -0.05) is 18.2 Å². The smallest absolute Gasteiger partial charge is 0.255 e. The van der Waals surface area contributed by atoms with Crippen molar-refractivity contribution >= 4 is 32.7 Å². The van der Waals surface area contributed by atoms with Gasteiger partial charge in [-0.15, -0.1) is 0 Å². The molecule has 2 N–H and O–H groups in total. The van der Waals surface area contributed by atoms with Gasteiger partial charge >= 0.3 is 0 Å². The van der Waals surface area contributed by atoms with Crippen LogP contribution in [-0.2, 0) is 14.8 Å². The third-order valence-electron chi connectivity index (χ3n) is 5.90. The second-order valence-electron chi connectivity index (χ2n) is 8.27. The van der Waals surface area contributed by atoms with Crippen LogP contribution < -0.4 is 5.32 Å². The van der Waals surface area contributed by atoms with Crippen LogP contribution in [0.1, 0.15) is 15.9 Å². The minimum absolute atomic E-state index is 0.0684. The summed E-state index contributed by atoms with van der Waals surface area (Å²) in [6.45, 7) is 2.99.